The third-order valence-electron chi connectivity index (χ3n) is 2.20. The molecule has 1 aromatic rings. The number of nitriles is 1. The maximum atomic E-state index is 8.90. The van der Waals surface area contributed by atoms with E-state index in [1.165, 1.54) is 5.56 Å². The average Bonchev–Trinajstić information content (AvgIpc) is 2.49. The summed E-state index contributed by atoms with van der Waals surface area (Å²) in [6, 6.07) is 4.31. The number of hydrogen-bond donors (Lipinski definition) is 1. The van der Waals surface area contributed by atoms with Crippen LogP contribution in [0.3, 0.4) is 0 Å². The van der Waals surface area contributed by atoms with Gasteiger partial charge in [0.05, 0.1) is 19.3 Å². The first kappa shape index (κ1) is 7.38. The van der Waals surface area contributed by atoms with Crippen LogP contribution >= 0.6 is 0 Å². The summed E-state index contributed by atoms with van der Waals surface area (Å²) in [5.74, 6) is 0. The average molecular weight is 162 g/mol. The zero-order valence-electron chi connectivity index (χ0n) is 6.71. The van der Waals surface area contributed by atoms with E-state index in [0.717, 1.165) is 6.42 Å². The first-order chi connectivity index (χ1) is 5.85. The minimum absolute atomic E-state index is 0.248. The Morgan fingerprint density at radius 3 is 2.92 bits per heavy atom. The fourth-order valence-electron chi connectivity index (χ4n) is 1.41. The topological polar surface area (TPSA) is 48.8 Å². The molecule has 2 heterocycles. The zero-order chi connectivity index (χ0) is 8.44. The highest BCUT2D eigenvalue weighted by molar-refractivity contribution is 5.17. The molecule has 12 heavy (non-hydrogen) atoms. The highest BCUT2D eigenvalue weighted by Crippen LogP contribution is 2.30. The molecule has 0 radical (unpaired) electrons. The van der Waals surface area contributed by atoms with Crippen LogP contribution in [0.2, 0.25) is 0 Å². The molecule has 1 aromatic heterocycles. The lowest BCUT2D eigenvalue weighted by molar-refractivity contribution is -0.0765. The van der Waals surface area contributed by atoms with Crippen LogP contribution < -0.4 is 0 Å². The van der Waals surface area contributed by atoms with Crippen molar-refractivity contribution in [1.82, 2.24) is 4.98 Å². The second-order valence-electron chi connectivity index (χ2n) is 3.28. The lowest BCUT2D eigenvalue weighted by atomic mass is 9.82. The maximum absolute atomic E-state index is 8.90. The van der Waals surface area contributed by atoms with Gasteiger partial charge in [0.1, 0.15) is 5.41 Å². The Morgan fingerprint density at radius 1 is 1.67 bits per heavy atom. The molecule has 0 aromatic carbocycles. The van der Waals surface area contributed by atoms with Crippen LogP contribution in [0.1, 0.15) is 5.56 Å². The van der Waals surface area contributed by atoms with E-state index < -0.39 is 0 Å². The van der Waals surface area contributed by atoms with Gasteiger partial charge in [-0.3, -0.25) is 0 Å². The zero-order valence-corrected chi connectivity index (χ0v) is 6.71. The second-order valence-corrected chi connectivity index (χ2v) is 3.28. The molecule has 3 nitrogen and oxygen atoms in total. The number of H-pyrrole nitrogens is 1. The number of nitrogens with zero attached hydrogens (tertiary/aromatic N) is 1. The van der Waals surface area contributed by atoms with Crippen molar-refractivity contribution >= 4 is 0 Å². The van der Waals surface area contributed by atoms with E-state index in [0.29, 0.717) is 13.2 Å². The summed E-state index contributed by atoms with van der Waals surface area (Å²) in [6.07, 6.45) is 4.60. The highest BCUT2D eigenvalue weighted by atomic mass is 16.5. The van der Waals surface area contributed by atoms with E-state index in [-0.39, 0.29) is 5.41 Å². The molecule has 0 amide bonds. The Labute approximate surface area is 71.0 Å². The summed E-state index contributed by atoms with van der Waals surface area (Å²) in [5.41, 5.74) is 0.933. The van der Waals surface area contributed by atoms with Gasteiger partial charge in [-0.15, -0.1) is 0 Å². The van der Waals surface area contributed by atoms with Gasteiger partial charge in [0.25, 0.3) is 0 Å². The Kier molecular flexibility index (Phi) is 1.63. The predicted molar refractivity (Wildman–Crippen MR) is 43.4 cm³/mol. The Morgan fingerprint density at radius 2 is 2.50 bits per heavy atom. The van der Waals surface area contributed by atoms with Crippen LogP contribution in [0.25, 0.3) is 0 Å². The van der Waals surface area contributed by atoms with E-state index in [2.05, 4.69) is 11.1 Å². The third kappa shape index (κ3) is 1.10. The van der Waals surface area contributed by atoms with Crippen LogP contribution in [0.15, 0.2) is 18.5 Å². The summed E-state index contributed by atoms with van der Waals surface area (Å²) in [7, 11) is 0. The number of nitrogens with one attached hydrogen (secondary N) is 1. The molecule has 0 unspecified atom stereocenters. The molecule has 62 valence electrons. The molecular weight excluding hydrogens is 152 g/mol. The maximum Gasteiger partial charge on any atom is 0.108 e. The van der Waals surface area contributed by atoms with Crippen molar-refractivity contribution in [3.05, 3.63) is 24.0 Å². The fraction of sp³-hybridized carbons (Fsp3) is 0.444. The first-order valence-electron chi connectivity index (χ1n) is 3.95. The number of rotatable bonds is 2. The molecule has 0 atom stereocenters. The normalized spacial score (nSPS) is 19.6. The van der Waals surface area contributed by atoms with Crippen molar-refractivity contribution in [3.8, 4) is 6.07 Å². The van der Waals surface area contributed by atoms with E-state index in [4.69, 9.17) is 10.00 Å². The standard InChI is InChI=1S/C9H10N2O/c10-5-9(6-12-7-9)3-8-1-2-11-4-8/h1-2,4,11H,3,6-7H2. The van der Waals surface area contributed by atoms with Gasteiger partial charge >= 0.3 is 0 Å². The predicted octanol–water partition coefficient (Wildman–Crippen LogP) is 1.10. The van der Waals surface area contributed by atoms with Gasteiger partial charge in [-0.2, -0.15) is 5.26 Å². The molecule has 1 N–H and O–H groups in total. The van der Waals surface area contributed by atoms with Crippen molar-refractivity contribution < 1.29 is 4.74 Å². The molecule has 2 rings (SSSR count). The minimum Gasteiger partial charge on any atom is -0.378 e. The van der Waals surface area contributed by atoms with Crippen LogP contribution in [-0.2, 0) is 11.2 Å². The van der Waals surface area contributed by atoms with Crippen molar-refractivity contribution in [2.75, 3.05) is 13.2 Å². The van der Waals surface area contributed by atoms with Crippen molar-refractivity contribution in [2.45, 2.75) is 6.42 Å². The molecule has 1 saturated heterocycles. The summed E-state index contributed by atoms with van der Waals surface area (Å²) in [4.78, 5) is 2.97. The summed E-state index contributed by atoms with van der Waals surface area (Å²) < 4.78 is 5.05. The van der Waals surface area contributed by atoms with Gasteiger partial charge < -0.3 is 9.72 Å². The summed E-state index contributed by atoms with van der Waals surface area (Å²) in [5, 5.41) is 8.90. The smallest absolute Gasteiger partial charge is 0.108 e. The summed E-state index contributed by atoms with van der Waals surface area (Å²) in [6.45, 7) is 1.16. The Balaban J connectivity index is 2.08. The van der Waals surface area contributed by atoms with Crippen LogP contribution in [0.5, 0.6) is 0 Å². The van der Waals surface area contributed by atoms with Crippen molar-refractivity contribution in [1.29, 1.82) is 5.26 Å². The molecule has 0 bridgehead atoms. The Hall–Kier alpha value is -1.27. The molecule has 1 fully saturated rings. The van der Waals surface area contributed by atoms with Gasteiger partial charge in [-0.25, -0.2) is 0 Å². The lowest BCUT2D eigenvalue weighted by Gasteiger charge is -2.34. The van der Waals surface area contributed by atoms with Gasteiger partial charge in [0.2, 0.25) is 0 Å². The molecule has 0 spiro atoms. The molecular formula is C9H10N2O. The largest absolute Gasteiger partial charge is 0.378 e. The quantitative estimate of drug-likeness (QED) is 0.707. The fourth-order valence-corrected chi connectivity index (χ4v) is 1.41. The van der Waals surface area contributed by atoms with Gasteiger partial charge in [-0.05, 0) is 18.1 Å². The highest BCUT2D eigenvalue weighted by Gasteiger charge is 2.38. The number of aromatic nitrogens is 1. The molecule has 0 saturated carbocycles. The summed E-state index contributed by atoms with van der Waals surface area (Å²) >= 11 is 0. The van der Waals surface area contributed by atoms with Crippen molar-refractivity contribution in [2.24, 2.45) is 5.41 Å². The van der Waals surface area contributed by atoms with E-state index in [9.17, 15) is 0 Å². The van der Waals surface area contributed by atoms with E-state index in [1.807, 2.05) is 18.5 Å². The first-order valence-corrected chi connectivity index (χ1v) is 3.95. The number of aromatic amines is 1. The molecule has 3 heteroatoms. The molecule has 1 aliphatic rings. The van der Waals surface area contributed by atoms with Gasteiger partial charge in [0, 0.05) is 12.4 Å². The second kappa shape index (κ2) is 2.65. The molecule has 1 aliphatic heterocycles. The van der Waals surface area contributed by atoms with E-state index >= 15 is 0 Å². The number of ether oxygens (including phenoxy) is 1. The van der Waals surface area contributed by atoms with Crippen LogP contribution in [0, 0.1) is 16.7 Å². The Bertz CT molecular complexity index is 293. The molecule has 0 aliphatic carbocycles. The monoisotopic (exact) mass is 162 g/mol. The van der Waals surface area contributed by atoms with Gasteiger partial charge in [0.15, 0.2) is 0 Å². The minimum atomic E-state index is -0.248. The number of hydrogen-bond acceptors (Lipinski definition) is 2. The van der Waals surface area contributed by atoms with E-state index in [1.54, 1.807) is 0 Å². The van der Waals surface area contributed by atoms with Crippen molar-refractivity contribution in [3.63, 3.8) is 0 Å². The lowest BCUT2D eigenvalue weighted by Crippen LogP contribution is -2.42. The SMILES string of the molecule is N#CC1(Cc2cc[nH]c2)COC1. The third-order valence-corrected chi connectivity index (χ3v) is 2.20. The van der Waals surface area contributed by atoms with Crippen LogP contribution in [-0.4, -0.2) is 18.2 Å². The van der Waals surface area contributed by atoms with Gasteiger partial charge in [-0.1, -0.05) is 0 Å². The van der Waals surface area contributed by atoms with Crippen LogP contribution in [0.4, 0.5) is 0 Å².